The van der Waals surface area contributed by atoms with Gasteiger partial charge in [0.25, 0.3) is 0 Å². The molecule has 2 heterocycles. The monoisotopic (exact) mass is 357 g/mol. The van der Waals surface area contributed by atoms with Gasteiger partial charge in [0.2, 0.25) is 5.91 Å². The zero-order valence-electron chi connectivity index (χ0n) is 14.8. The van der Waals surface area contributed by atoms with Gasteiger partial charge >= 0.3 is 0 Å². The van der Waals surface area contributed by atoms with Crippen LogP contribution in [-0.2, 0) is 4.79 Å². The third-order valence-electron chi connectivity index (χ3n) is 5.89. The van der Waals surface area contributed by atoms with Crippen molar-refractivity contribution >= 4 is 28.9 Å². The summed E-state index contributed by atoms with van der Waals surface area (Å²) in [5.74, 6) is 0.568. The number of carbonyl (C=O) groups excluding carboxylic acids is 1. The third-order valence-corrected chi connectivity index (χ3v) is 6.20. The van der Waals surface area contributed by atoms with E-state index < -0.39 is 0 Å². The fourth-order valence-electron chi connectivity index (χ4n) is 4.39. The van der Waals surface area contributed by atoms with Crippen molar-refractivity contribution in [1.29, 1.82) is 0 Å². The molecule has 1 aromatic rings. The molecule has 4 nitrogen and oxygen atoms in total. The van der Waals surface area contributed by atoms with Gasteiger partial charge in [0.05, 0.1) is 0 Å². The molecule has 0 aromatic heterocycles. The molecule has 0 radical (unpaired) electrons. The number of benzene rings is 1. The van der Waals surface area contributed by atoms with Gasteiger partial charge in [-0.2, -0.15) is 0 Å². The van der Waals surface area contributed by atoms with Gasteiger partial charge in [-0.1, -0.05) is 18.2 Å². The number of rotatable bonds is 3. The summed E-state index contributed by atoms with van der Waals surface area (Å²) in [7, 11) is 0. The average molecular weight is 358 g/mol. The maximum absolute atomic E-state index is 12.1. The van der Waals surface area contributed by atoms with Crippen LogP contribution < -0.4 is 10.6 Å². The number of carbonyl (C=O) groups is 1. The molecule has 3 aliphatic rings. The van der Waals surface area contributed by atoms with E-state index in [9.17, 15) is 4.79 Å². The van der Waals surface area contributed by atoms with Crippen LogP contribution in [0.1, 0.15) is 50.5 Å². The molecule has 25 heavy (non-hydrogen) atoms. The maximum atomic E-state index is 12.1. The van der Waals surface area contributed by atoms with E-state index in [1.165, 1.54) is 24.8 Å². The number of hydrogen-bond donors (Lipinski definition) is 2. The standard InChI is InChI=1S/C20H27N3OS/c1-13-5-2-3-8-18(13)22-20(25)23-16-6-4-7-17(23)12-15(11-16)21-19(24)14-9-10-14/h2-3,5,8,14-17H,4,6-7,9-12H2,1H3,(H,21,24)(H,22,25)/t16-,17-/m1/s1. The van der Waals surface area contributed by atoms with E-state index in [1.54, 1.807) is 0 Å². The third kappa shape index (κ3) is 3.66. The van der Waals surface area contributed by atoms with Crippen molar-refractivity contribution < 1.29 is 4.79 Å². The van der Waals surface area contributed by atoms with Crippen LogP contribution in [0.15, 0.2) is 24.3 Å². The van der Waals surface area contributed by atoms with Crippen LogP contribution >= 0.6 is 12.2 Å². The largest absolute Gasteiger partial charge is 0.353 e. The smallest absolute Gasteiger partial charge is 0.223 e. The van der Waals surface area contributed by atoms with Crippen LogP contribution in [-0.4, -0.2) is 34.0 Å². The Hall–Kier alpha value is -1.62. The van der Waals surface area contributed by atoms with Gasteiger partial charge in [-0.3, -0.25) is 4.79 Å². The van der Waals surface area contributed by atoms with E-state index >= 15 is 0 Å². The summed E-state index contributed by atoms with van der Waals surface area (Å²) in [5, 5.41) is 7.60. The van der Waals surface area contributed by atoms with Crippen LogP contribution in [0, 0.1) is 12.8 Å². The number of anilines is 1. The van der Waals surface area contributed by atoms with E-state index in [1.807, 2.05) is 12.1 Å². The molecule has 1 aromatic carbocycles. The molecule has 2 N–H and O–H groups in total. The molecule has 134 valence electrons. The average Bonchev–Trinajstić information content (AvgIpc) is 3.41. The Balaban J connectivity index is 1.43. The summed E-state index contributed by atoms with van der Waals surface area (Å²) in [6.07, 6.45) is 7.78. The molecule has 5 heteroatoms. The lowest BCUT2D eigenvalue weighted by molar-refractivity contribution is -0.123. The Labute approximate surface area is 155 Å². The van der Waals surface area contributed by atoms with E-state index in [4.69, 9.17) is 12.2 Å². The number of piperidine rings is 2. The second-order valence-electron chi connectivity index (χ2n) is 7.84. The molecule has 0 spiro atoms. The summed E-state index contributed by atoms with van der Waals surface area (Å²) in [5.41, 5.74) is 2.30. The van der Waals surface area contributed by atoms with Gasteiger partial charge < -0.3 is 15.5 Å². The lowest BCUT2D eigenvalue weighted by Gasteiger charge is -2.50. The summed E-state index contributed by atoms with van der Waals surface area (Å²) in [6, 6.07) is 9.49. The highest BCUT2D eigenvalue weighted by Gasteiger charge is 2.41. The minimum absolute atomic E-state index is 0.275. The number of nitrogens with zero attached hydrogens (tertiary/aromatic N) is 1. The van der Waals surface area contributed by atoms with Crippen molar-refractivity contribution in [2.45, 2.75) is 70.0 Å². The first-order valence-electron chi connectivity index (χ1n) is 9.57. The molecule has 0 unspecified atom stereocenters. The van der Waals surface area contributed by atoms with Crippen LogP contribution in [0.5, 0.6) is 0 Å². The zero-order valence-corrected chi connectivity index (χ0v) is 15.6. The summed E-state index contributed by atoms with van der Waals surface area (Å²) in [4.78, 5) is 14.5. The molecule has 3 fully saturated rings. The van der Waals surface area contributed by atoms with Gasteiger partial charge in [0, 0.05) is 29.7 Å². The fraction of sp³-hybridized carbons (Fsp3) is 0.600. The van der Waals surface area contributed by atoms with Crippen molar-refractivity contribution in [3.8, 4) is 0 Å². The number of aryl methyl sites for hydroxylation is 1. The molecule has 2 saturated heterocycles. The molecule has 4 rings (SSSR count). The molecule has 1 amide bonds. The van der Waals surface area contributed by atoms with Crippen molar-refractivity contribution in [3.05, 3.63) is 29.8 Å². The Kier molecular flexibility index (Phi) is 4.67. The Morgan fingerprint density at radius 1 is 1.12 bits per heavy atom. The molecule has 2 atom stereocenters. The number of amides is 1. The minimum atomic E-state index is 0.275. The van der Waals surface area contributed by atoms with Crippen LogP contribution in [0.3, 0.4) is 0 Å². The van der Waals surface area contributed by atoms with Crippen molar-refractivity contribution in [1.82, 2.24) is 10.2 Å². The topological polar surface area (TPSA) is 44.4 Å². The first-order valence-corrected chi connectivity index (χ1v) is 9.98. The van der Waals surface area contributed by atoms with Crippen molar-refractivity contribution in [2.24, 2.45) is 5.92 Å². The highest BCUT2D eigenvalue weighted by molar-refractivity contribution is 7.80. The van der Waals surface area contributed by atoms with E-state index in [0.717, 1.165) is 36.5 Å². The normalized spacial score (nSPS) is 28.4. The van der Waals surface area contributed by atoms with Crippen molar-refractivity contribution in [2.75, 3.05) is 5.32 Å². The van der Waals surface area contributed by atoms with Gasteiger partial charge in [0.1, 0.15) is 0 Å². The van der Waals surface area contributed by atoms with E-state index in [2.05, 4.69) is 34.6 Å². The highest BCUT2D eigenvalue weighted by atomic mass is 32.1. The number of thiocarbonyl (C=S) groups is 1. The predicted octanol–water partition coefficient (Wildman–Crippen LogP) is 3.60. The predicted molar refractivity (Wildman–Crippen MR) is 105 cm³/mol. The van der Waals surface area contributed by atoms with E-state index in [-0.39, 0.29) is 5.91 Å². The minimum Gasteiger partial charge on any atom is -0.353 e. The lowest BCUT2D eigenvalue weighted by atomic mass is 9.82. The Morgan fingerprint density at radius 3 is 2.44 bits per heavy atom. The van der Waals surface area contributed by atoms with E-state index in [0.29, 0.717) is 24.0 Å². The molecule has 1 aliphatic carbocycles. The number of para-hydroxylation sites is 1. The molecule has 1 saturated carbocycles. The lowest BCUT2D eigenvalue weighted by Crippen LogP contribution is -2.59. The first-order chi connectivity index (χ1) is 12.1. The van der Waals surface area contributed by atoms with Gasteiger partial charge in [-0.25, -0.2) is 0 Å². The Morgan fingerprint density at radius 2 is 1.80 bits per heavy atom. The maximum Gasteiger partial charge on any atom is 0.223 e. The van der Waals surface area contributed by atoms with Gasteiger partial charge in [-0.15, -0.1) is 0 Å². The molecular weight excluding hydrogens is 330 g/mol. The number of nitrogens with one attached hydrogen (secondary N) is 2. The van der Waals surface area contributed by atoms with Gasteiger partial charge in [0.15, 0.2) is 5.11 Å². The summed E-state index contributed by atoms with van der Waals surface area (Å²) >= 11 is 5.78. The highest BCUT2D eigenvalue weighted by Crippen LogP contribution is 2.36. The molecule has 2 bridgehead atoms. The quantitative estimate of drug-likeness (QED) is 0.811. The zero-order chi connectivity index (χ0) is 17.4. The first kappa shape index (κ1) is 16.8. The molecule has 2 aliphatic heterocycles. The molecular formula is C20H27N3OS. The fourth-order valence-corrected chi connectivity index (χ4v) is 4.80. The number of hydrogen-bond acceptors (Lipinski definition) is 2. The summed E-state index contributed by atoms with van der Waals surface area (Å²) in [6.45, 7) is 2.10. The second kappa shape index (κ2) is 6.94. The second-order valence-corrected chi connectivity index (χ2v) is 8.23. The SMILES string of the molecule is Cc1ccccc1NC(=S)N1[C@@H]2CCC[C@@H]1CC(NC(=O)C1CC1)C2. The van der Waals surface area contributed by atoms with Gasteiger partial charge in [-0.05, 0) is 75.7 Å². The van der Waals surface area contributed by atoms with Crippen LogP contribution in [0.25, 0.3) is 0 Å². The Bertz CT molecular complexity index is 659. The number of fused-ring (bicyclic) bond motifs is 2. The van der Waals surface area contributed by atoms with Crippen LogP contribution in [0.4, 0.5) is 5.69 Å². The van der Waals surface area contributed by atoms with Crippen LogP contribution in [0.2, 0.25) is 0 Å². The summed E-state index contributed by atoms with van der Waals surface area (Å²) < 4.78 is 0. The van der Waals surface area contributed by atoms with Crippen molar-refractivity contribution in [3.63, 3.8) is 0 Å².